The van der Waals surface area contributed by atoms with Crippen LogP contribution < -0.4 is 10.6 Å². The summed E-state index contributed by atoms with van der Waals surface area (Å²) in [5.41, 5.74) is 2.91. The maximum absolute atomic E-state index is 13.4. The van der Waals surface area contributed by atoms with Crippen LogP contribution in [0, 0.1) is 25.6 Å². The molecule has 5 nitrogen and oxygen atoms in total. The minimum atomic E-state index is -0.164. The molecule has 0 saturated carbocycles. The molecule has 0 unspecified atom stereocenters. The normalized spacial score (nSPS) is 15.8. The van der Waals surface area contributed by atoms with Gasteiger partial charge in [0.15, 0.2) is 5.96 Å². The third-order valence-electron chi connectivity index (χ3n) is 5.22. The Bertz CT molecular complexity index is 802. The molecule has 1 aromatic carbocycles. The number of hydrogen-bond acceptors (Lipinski definition) is 4. The number of aliphatic imine (C=N–C) groups is 1. The van der Waals surface area contributed by atoms with Crippen LogP contribution in [0.3, 0.4) is 0 Å². The summed E-state index contributed by atoms with van der Waals surface area (Å²) in [6, 6.07) is 5.20. The van der Waals surface area contributed by atoms with E-state index in [-0.39, 0.29) is 29.8 Å². The van der Waals surface area contributed by atoms with E-state index >= 15 is 0 Å². The third-order valence-corrected chi connectivity index (χ3v) is 6.05. The summed E-state index contributed by atoms with van der Waals surface area (Å²) in [6.45, 7) is 8.59. The number of piperidine rings is 1. The first kappa shape index (κ1) is 24.0. The minimum Gasteiger partial charge on any atom is -0.356 e. The molecular weight excluding hydrogens is 500 g/mol. The van der Waals surface area contributed by atoms with E-state index in [2.05, 4.69) is 37.8 Å². The van der Waals surface area contributed by atoms with E-state index in [0.29, 0.717) is 18.0 Å². The second-order valence-corrected chi connectivity index (χ2v) is 8.53. The lowest BCUT2D eigenvalue weighted by atomic mass is 9.97. The molecule has 29 heavy (non-hydrogen) atoms. The lowest BCUT2D eigenvalue weighted by molar-refractivity contribution is 0.176. The van der Waals surface area contributed by atoms with Gasteiger partial charge in [0.1, 0.15) is 5.82 Å². The predicted molar refractivity (Wildman–Crippen MR) is 130 cm³/mol. The van der Waals surface area contributed by atoms with Crippen LogP contribution in [-0.4, -0.2) is 42.5 Å². The van der Waals surface area contributed by atoms with Crippen molar-refractivity contribution in [2.45, 2.75) is 39.8 Å². The van der Waals surface area contributed by atoms with Crippen molar-refractivity contribution in [3.63, 3.8) is 0 Å². The SMILES string of the molecule is CN=C(NCc1ccc(F)c(C)c1)NCC1CCN(Cc2csc(C)n2)CC1.I. The van der Waals surface area contributed by atoms with Crippen molar-refractivity contribution in [1.29, 1.82) is 0 Å². The van der Waals surface area contributed by atoms with Crippen LogP contribution in [0.4, 0.5) is 4.39 Å². The Kier molecular flexibility index (Phi) is 9.78. The number of aromatic nitrogens is 1. The monoisotopic (exact) mass is 531 g/mol. The number of nitrogens with one attached hydrogen (secondary N) is 2. The van der Waals surface area contributed by atoms with Crippen LogP contribution in [0.2, 0.25) is 0 Å². The van der Waals surface area contributed by atoms with Crippen LogP contribution in [0.15, 0.2) is 28.6 Å². The van der Waals surface area contributed by atoms with Crippen molar-refractivity contribution in [3.05, 3.63) is 51.2 Å². The van der Waals surface area contributed by atoms with Crippen molar-refractivity contribution < 1.29 is 4.39 Å². The predicted octanol–water partition coefficient (Wildman–Crippen LogP) is 4.09. The zero-order chi connectivity index (χ0) is 19.9. The molecular formula is C21H31FIN5S. The van der Waals surface area contributed by atoms with Gasteiger partial charge in [0.2, 0.25) is 0 Å². The Morgan fingerprint density at radius 1 is 1.28 bits per heavy atom. The van der Waals surface area contributed by atoms with E-state index in [9.17, 15) is 4.39 Å². The molecule has 2 aromatic rings. The van der Waals surface area contributed by atoms with E-state index < -0.39 is 0 Å². The molecule has 1 saturated heterocycles. The fourth-order valence-corrected chi connectivity index (χ4v) is 4.13. The summed E-state index contributed by atoms with van der Waals surface area (Å²) in [5.74, 6) is 1.28. The first-order valence-electron chi connectivity index (χ1n) is 9.86. The maximum atomic E-state index is 13.4. The summed E-state index contributed by atoms with van der Waals surface area (Å²) in [7, 11) is 1.78. The van der Waals surface area contributed by atoms with Gasteiger partial charge in [-0.2, -0.15) is 0 Å². The Morgan fingerprint density at radius 2 is 2.03 bits per heavy atom. The smallest absolute Gasteiger partial charge is 0.191 e. The first-order valence-corrected chi connectivity index (χ1v) is 10.7. The quantitative estimate of drug-likeness (QED) is 0.335. The topological polar surface area (TPSA) is 52.6 Å². The van der Waals surface area contributed by atoms with Crippen molar-refractivity contribution in [2.75, 3.05) is 26.7 Å². The molecule has 1 fully saturated rings. The highest BCUT2D eigenvalue weighted by Gasteiger charge is 2.20. The second-order valence-electron chi connectivity index (χ2n) is 7.47. The molecule has 3 rings (SSSR count). The Labute approximate surface area is 194 Å². The number of thiazole rings is 1. The molecule has 2 heterocycles. The number of aryl methyl sites for hydroxylation is 2. The fraction of sp³-hybridized carbons (Fsp3) is 0.524. The number of rotatable bonds is 6. The van der Waals surface area contributed by atoms with Gasteiger partial charge in [-0.25, -0.2) is 9.37 Å². The molecule has 8 heteroatoms. The molecule has 0 amide bonds. The van der Waals surface area contributed by atoms with Crippen molar-refractivity contribution in [1.82, 2.24) is 20.5 Å². The standard InChI is InChI=1S/C21H30FN5S.HI/c1-15-10-18(4-5-20(15)22)12-25-21(23-3)24-11-17-6-8-27(9-7-17)13-19-14-28-16(2)26-19;/h4-5,10,14,17H,6-9,11-13H2,1-3H3,(H2,23,24,25);1H. The van der Waals surface area contributed by atoms with E-state index in [1.807, 2.05) is 12.1 Å². The molecule has 1 aliphatic heterocycles. The molecule has 2 N–H and O–H groups in total. The molecule has 0 bridgehead atoms. The first-order chi connectivity index (χ1) is 13.5. The van der Waals surface area contributed by atoms with E-state index in [4.69, 9.17) is 0 Å². The van der Waals surface area contributed by atoms with Crippen molar-refractivity contribution in [2.24, 2.45) is 10.9 Å². The Hall–Kier alpha value is -1.26. The van der Waals surface area contributed by atoms with Gasteiger partial charge in [0, 0.05) is 32.1 Å². The third kappa shape index (κ3) is 7.49. The van der Waals surface area contributed by atoms with E-state index in [1.54, 1.807) is 25.3 Å². The van der Waals surface area contributed by atoms with Gasteiger partial charge in [-0.15, -0.1) is 35.3 Å². The van der Waals surface area contributed by atoms with Crippen LogP contribution in [0.1, 0.15) is 34.7 Å². The zero-order valence-corrected chi connectivity index (χ0v) is 20.5. The van der Waals surface area contributed by atoms with Crippen molar-refractivity contribution in [3.8, 4) is 0 Å². The molecule has 0 aliphatic carbocycles. The Morgan fingerprint density at radius 3 is 2.66 bits per heavy atom. The average molecular weight is 531 g/mol. The van der Waals surface area contributed by atoms with Crippen LogP contribution in [0.25, 0.3) is 0 Å². The number of hydrogen-bond donors (Lipinski definition) is 2. The van der Waals surface area contributed by atoms with Gasteiger partial charge in [0.05, 0.1) is 10.7 Å². The van der Waals surface area contributed by atoms with Crippen LogP contribution in [-0.2, 0) is 13.1 Å². The zero-order valence-electron chi connectivity index (χ0n) is 17.4. The average Bonchev–Trinajstić information content (AvgIpc) is 3.10. The Balaban J connectivity index is 0.00000300. The largest absolute Gasteiger partial charge is 0.356 e. The number of guanidine groups is 1. The van der Waals surface area contributed by atoms with Gasteiger partial charge in [-0.1, -0.05) is 12.1 Å². The maximum Gasteiger partial charge on any atom is 0.191 e. The van der Waals surface area contributed by atoms with Gasteiger partial charge in [0.25, 0.3) is 0 Å². The minimum absolute atomic E-state index is 0. The lowest BCUT2D eigenvalue weighted by Crippen LogP contribution is -2.42. The molecule has 1 aromatic heterocycles. The highest BCUT2D eigenvalue weighted by atomic mass is 127. The lowest BCUT2D eigenvalue weighted by Gasteiger charge is -2.31. The second kappa shape index (κ2) is 11.8. The van der Waals surface area contributed by atoms with Gasteiger partial charge in [-0.3, -0.25) is 9.89 Å². The van der Waals surface area contributed by atoms with Gasteiger partial charge in [-0.05, 0) is 62.9 Å². The van der Waals surface area contributed by atoms with E-state index in [1.165, 1.54) is 24.6 Å². The number of likely N-dealkylation sites (tertiary alicyclic amines) is 1. The highest BCUT2D eigenvalue weighted by Crippen LogP contribution is 2.19. The number of benzene rings is 1. The summed E-state index contributed by atoms with van der Waals surface area (Å²) in [5, 5.41) is 10.1. The molecule has 0 spiro atoms. The molecule has 0 radical (unpaired) electrons. The highest BCUT2D eigenvalue weighted by molar-refractivity contribution is 14.0. The van der Waals surface area contributed by atoms with Crippen LogP contribution >= 0.6 is 35.3 Å². The molecule has 1 aliphatic rings. The number of nitrogens with zero attached hydrogens (tertiary/aromatic N) is 3. The summed E-state index contributed by atoms with van der Waals surface area (Å²) in [4.78, 5) is 11.4. The number of halogens is 2. The van der Waals surface area contributed by atoms with E-state index in [0.717, 1.165) is 42.7 Å². The van der Waals surface area contributed by atoms with Crippen LogP contribution in [0.5, 0.6) is 0 Å². The van der Waals surface area contributed by atoms with Crippen molar-refractivity contribution >= 4 is 41.3 Å². The van der Waals surface area contributed by atoms with Gasteiger partial charge < -0.3 is 10.6 Å². The summed E-state index contributed by atoms with van der Waals surface area (Å²) in [6.07, 6.45) is 2.37. The fourth-order valence-electron chi connectivity index (χ4n) is 3.52. The molecule has 160 valence electrons. The molecule has 0 atom stereocenters. The van der Waals surface area contributed by atoms with Gasteiger partial charge >= 0.3 is 0 Å². The summed E-state index contributed by atoms with van der Waals surface area (Å²) >= 11 is 1.73. The summed E-state index contributed by atoms with van der Waals surface area (Å²) < 4.78 is 13.4.